The highest BCUT2D eigenvalue weighted by Gasteiger charge is 2.27. The van der Waals surface area contributed by atoms with Crippen LogP contribution in [0.3, 0.4) is 0 Å². The summed E-state index contributed by atoms with van der Waals surface area (Å²) in [6, 6.07) is 4.59. The Hall–Kier alpha value is -1.18. The van der Waals surface area contributed by atoms with Gasteiger partial charge in [-0.2, -0.15) is 0 Å². The van der Waals surface area contributed by atoms with Crippen LogP contribution in [0.5, 0.6) is 0 Å². The number of hydrogen-bond acceptors (Lipinski definition) is 5. The van der Waals surface area contributed by atoms with E-state index >= 15 is 0 Å². The van der Waals surface area contributed by atoms with Gasteiger partial charge in [-0.3, -0.25) is 14.7 Å². The number of aryl methyl sites for hydroxylation is 1. The van der Waals surface area contributed by atoms with Crippen LogP contribution < -0.4 is 10.6 Å². The smallest absolute Gasteiger partial charge is 0.252 e. The number of piperidine rings is 1. The minimum Gasteiger partial charge on any atom is -0.349 e. The van der Waals surface area contributed by atoms with E-state index in [2.05, 4.69) is 51.9 Å². The van der Waals surface area contributed by atoms with Crippen molar-refractivity contribution in [2.75, 3.05) is 19.6 Å². The number of carbonyl (C=O) groups excluding carboxylic acids is 1. The molecule has 4 rings (SSSR count). The summed E-state index contributed by atoms with van der Waals surface area (Å²) in [4.78, 5) is 21.2. The van der Waals surface area contributed by atoms with Crippen molar-refractivity contribution >= 4 is 42.1 Å². The maximum absolute atomic E-state index is 12.9. The molecule has 0 spiro atoms. The van der Waals surface area contributed by atoms with E-state index in [-0.39, 0.29) is 36.8 Å². The molecule has 0 bridgehead atoms. The van der Waals surface area contributed by atoms with E-state index in [1.54, 1.807) is 11.3 Å². The summed E-state index contributed by atoms with van der Waals surface area (Å²) in [5.74, 6) is 0.593. The Morgan fingerprint density at radius 2 is 2.20 bits per heavy atom. The van der Waals surface area contributed by atoms with E-state index in [4.69, 9.17) is 0 Å². The summed E-state index contributed by atoms with van der Waals surface area (Å²) in [5, 5.41) is 8.74. The van der Waals surface area contributed by atoms with Crippen LogP contribution in [0.25, 0.3) is 0 Å². The number of pyridine rings is 1. The van der Waals surface area contributed by atoms with Gasteiger partial charge in [-0.05, 0) is 55.5 Å². The molecule has 30 heavy (non-hydrogen) atoms. The van der Waals surface area contributed by atoms with Gasteiger partial charge in [-0.25, -0.2) is 0 Å². The molecule has 8 heteroatoms. The highest BCUT2D eigenvalue weighted by atomic mass is 35.5. The lowest BCUT2D eigenvalue weighted by Crippen LogP contribution is -2.48. The SMILES string of the molecule is CCc1ccc(CN2CCc3c(C(=O)N[C@@H]4CCNC[C@@H]4C)csc3C2)nc1.Cl.Cl. The van der Waals surface area contributed by atoms with Crippen molar-refractivity contribution in [1.82, 2.24) is 20.5 Å². The van der Waals surface area contributed by atoms with Gasteiger partial charge in [-0.15, -0.1) is 36.2 Å². The molecule has 0 aliphatic carbocycles. The molecular weight excluding hydrogens is 439 g/mol. The molecule has 2 atom stereocenters. The van der Waals surface area contributed by atoms with Gasteiger partial charge >= 0.3 is 0 Å². The van der Waals surface area contributed by atoms with Crippen molar-refractivity contribution in [2.45, 2.75) is 52.2 Å². The normalized spacial score (nSPS) is 21.1. The van der Waals surface area contributed by atoms with E-state index in [9.17, 15) is 4.79 Å². The number of amides is 1. The minimum atomic E-state index is 0. The lowest BCUT2D eigenvalue weighted by atomic mass is 9.94. The summed E-state index contributed by atoms with van der Waals surface area (Å²) in [6.07, 6.45) is 4.96. The first-order chi connectivity index (χ1) is 13.6. The number of nitrogens with zero attached hydrogens (tertiary/aromatic N) is 2. The Balaban J connectivity index is 0.00000160. The topological polar surface area (TPSA) is 57.3 Å². The second-order valence-electron chi connectivity index (χ2n) is 8.07. The monoisotopic (exact) mass is 470 g/mol. The maximum Gasteiger partial charge on any atom is 0.252 e. The van der Waals surface area contributed by atoms with Gasteiger partial charge < -0.3 is 10.6 Å². The number of nitrogens with one attached hydrogen (secondary N) is 2. The average molecular weight is 471 g/mol. The van der Waals surface area contributed by atoms with Crippen LogP contribution in [-0.4, -0.2) is 41.5 Å². The molecule has 2 aromatic rings. The van der Waals surface area contributed by atoms with Gasteiger partial charge in [0.2, 0.25) is 0 Å². The fourth-order valence-electron chi connectivity index (χ4n) is 4.17. The Kier molecular flexibility index (Phi) is 9.57. The summed E-state index contributed by atoms with van der Waals surface area (Å²) in [6.45, 7) is 9.08. The molecule has 1 saturated heterocycles. The molecule has 0 unspecified atom stereocenters. The Morgan fingerprint density at radius 1 is 1.37 bits per heavy atom. The van der Waals surface area contributed by atoms with Gasteiger partial charge in [0.25, 0.3) is 5.91 Å². The molecule has 2 aliphatic heterocycles. The molecule has 5 nitrogen and oxygen atoms in total. The van der Waals surface area contributed by atoms with Gasteiger partial charge in [-0.1, -0.05) is 19.9 Å². The number of carbonyl (C=O) groups is 1. The van der Waals surface area contributed by atoms with Crippen molar-refractivity contribution < 1.29 is 4.79 Å². The molecule has 2 aromatic heterocycles. The zero-order valence-corrected chi connectivity index (χ0v) is 20.1. The molecule has 0 aromatic carbocycles. The van der Waals surface area contributed by atoms with Gasteiger partial charge in [0.05, 0.1) is 11.3 Å². The zero-order chi connectivity index (χ0) is 19.5. The van der Waals surface area contributed by atoms with Crippen LogP contribution >= 0.6 is 36.2 Å². The molecule has 2 aliphatic rings. The largest absolute Gasteiger partial charge is 0.349 e. The predicted molar refractivity (Wildman–Crippen MR) is 128 cm³/mol. The van der Waals surface area contributed by atoms with Crippen molar-refractivity contribution in [3.8, 4) is 0 Å². The number of fused-ring (bicyclic) bond motifs is 1. The predicted octanol–water partition coefficient (Wildman–Crippen LogP) is 3.84. The third kappa shape index (κ3) is 5.74. The second-order valence-corrected chi connectivity index (χ2v) is 9.04. The average Bonchev–Trinajstić information content (AvgIpc) is 3.14. The van der Waals surface area contributed by atoms with Gasteiger partial charge in [0.15, 0.2) is 0 Å². The Bertz CT molecular complexity index is 827. The summed E-state index contributed by atoms with van der Waals surface area (Å²) in [7, 11) is 0. The van der Waals surface area contributed by atoms with E-state index < -0.39 is 0 Å². The van der Waals surface area contributed by atoms with E-state index in [0.717, 1.165) is 63.2 Å². The van der Waals surface area contributed by atoms with Gasteiger partial charge in [0.1, 0.15) is 0 Å². The van der Waals surface area contributed by atoms with Crippen LogP contribution in [0, 0.1) is 5.92 Å². The second kappa shape index (κ2) is 11.4. The molecule has 0 radical (unpaired) electrons. The molecular formula is C22H32Cl2N4OS. The lowest BCUT2D eigenvalue weighted by molar-refractivity contribution is 0.0913. The molecule has 1 fully saturated rings. The third-order valence-electron chi connectivity index (χ3n) is 6.05. The minimum absolute atomic E-state index is 0. The van der Waals surface area contributed by atoms with Crippen LogP contribution in [0.1, 0.15) is 52.3 Å². The van der Waals surface area contributed by atoms with Crippen LogP contribution in [0.2, 0.25) is 0 Å². The number of rotatable bonds is 5. The summed E-state index contributed by atoms with van der Waals surface area (Å²) in [5.41, 5.74) is 4.56. The van der Waals surface area contributed by atoms with Crippen LogP contribution in [0.4, 0.5) is 0 Å². The lowest BCUT2D eigenvalue weighted by Gasteiger charge is -2.30. The number of aromatic nitrogens is 1. The number of halogens is 2. The molecule has 1 amide bonds. The first-order valence-corrected chi connectivity index (χ1v) is 11.3. The highest BCUT2D eigenvalue weighted by Crippen LogP contribution is 2.29. The molecule has 166 valence electrons. The first-order valence-electron chi connectivity index (χ1n) is 10.4. The molecule has 0 saturated carbocycles. The highest BCUT2D eigenvalue weighted by molar-refractivity contribution is 7.10. The number of hydrogen-bond donors (Lipinski definition) is 2. The van der Waals surface area contributed by atoms with Crippen molar-refractivity contribution in [3.63, 3.8) is 0 Å². The van der Waals surface area contributed by atoms with Crippen LogP contribution in [0.15, 0.2) is 23.7 Å². The third-order valence-corrected chi connectivity index (χ3v) is 7.07. The standard InChI is InChI=1S/C22H30N4OS.2ClH/c1-3-16-4-5-17(24-11-16)12-26-9-7-18-19(14-28-21(18)13-26)22(27)25-20-6-8-23-10-15(20)2;;/h4-5,11,14-15,20,23H,3,6-10,12-13H2,1-2H3,(H,25,27);2*1H/t15-,20+;;/m0../s1. The quantitative estimate of drug-likeness (QED) is 0.696. The van der Waals surface area contributed by atoms with Crippen LogP contribution in [-0.2, 0) is 25.9 Å². The van der Waals surface area contributed by atoms with E-state index in [0.29, 0.717) is 5.92 Å². The maximum atomic E-state index is 12.9. The van der Waals surface area contributed by atoms with Crippen molar-refractivity contribution in [3.05, 3.63) is 51.0 Å². The zero-order valence-electron chi connectivity index (χ0n) is 17.6. The molecule has 4 heterocycles. The number of thiophene rings is 1. The summed E-state index contributed by atoms with van der Waals surface area (Å²) < 4.78 is 0. The fraction of sp³-hybridized carbons (Fsp3) is 0.545. The Morgan fingerprint density at radius 3 is 2.90 bits per heavy atom. The Labute approximate surface area is 195 Å². The summed E-state index contributed by atoms with van der Waals surface area (Å²) >= 11 is 1.73. The first kappa shape index (κ1) is 25.1. The van der Waals surface area contributed by atoms with Crippen molar-refractivity contribution in [1.29, 1.82) is 0 Å². The van der Waals surface area contributed by atoms with Gasteiger partial charge in [0, 0.05) is 42.1 Å². The molecule has 2 N–H and O–H groups in total. The fourth-order valence-corrected chi connectivity index (χ4v) is 5.29. The van der Waals surface area contributed by atoms with E-state index in [1.807, 2.05) is 6.20 Å². The van der Waals surface area contributed by atoms with Crippen molar-refractivity contribution in [2.24, 2.45) is 5.92 Å². The van der Waals surface area contributed by atoms with E-state index in [1.165, 1.54) is 16.0 Å².